The van der Waals surface area contributed by atoms with Crippen molar-refractivity contribution in [2.24, 2.45) is 0 Å². The number of nitrogens with zero attached hydrogens (tertiary/aromatic N) is 2. The number of hydrogen-bond donors (Lipinski definition) is 1. The molecule has 0 saturated carbocycles. The van der Waals surface area contributed by atoms with Crippen molar-refractivity contribution >= 4 is 0 Å². The van der Waals surface area contributed by atoms with Gasteiger partial charge >= 0.3 is 0 Å². The minimum Gasteiger partial charge on any atom is -0.493 e. The Hall–Kier alpha value is -2.01. The number of ether oxygens (including phenoxy) is 2. The Kier molecular flexibility index (Phi) is 5.63. The average Bonchev–Trinajstić information content (AvgIpc) is 3.01. The quantitative estimate of drug-likeness (QED) is 0.811. The second-order valence-electron chi connectivity index (χ2n) is 4.81. The zero-order valence-electron chi connectivity index (χ0n) is 12.9. The molecule has 0 aliphatic rings. The van der Waals surface area contributed by atoms with Crippen molar-refractivity contribution in [1.29, 1.82) is 0 Å². The first-order valence-corrected chi connectivity index (χ1v) is 7.26. The molecule has 0 amide bonds. The molecule has 5 nitrogen and oxygen atoms in total. The van der Waals surface area contributed by atoms with Crippen LogP contribution in [0.3, 0.4) is 0 Å². The van der Waals surface area contributed by atoms with Gasteiger partial charge in [-0.15, -0.1) is 0 Å². The number of rotatable bonds is 8. The Morgan fingerprint density at radius 2 is 2.19 bits per heavy atom. The predicted molar refractivity (Wildman–Crippen MR) is 82.8 cm³/mol. The zero-order chi connectivity index (χ0) is 15.1. The van der Waals surface area contributed by atoms with Crippen molar-refractivity contribution in [2.45, 2.75) is 26.4 Å². The number of aromatic nitrogens is 2. The lowest BCUT2D eigenvalue weighted by atomic mass is 10.1. The van der Waals surface area contributed by atoms with E-state index in [1.807, 2.05) is 29.1 Å². The molecule has 1 aromatic heterocycles. The van der Waals surface area contributed by atoms with Crippen molar-refractivity contribution in [3.63, 3.8) is 0 Å². The first kappa shape index (κ1) is 15.4. The Labute approximate surface area is 125 Å². The van der Waals surface area contributed by atoms with Crippen LogP contribution in [0, 0.1) is 0 Å². The lowest BCUT2D eigenvalue weighted by molar-refractivity contribution is 0.274. The monoisotopic (exact) mass is 289 g/mol. The third kappa shape index (κ3) is 4.23. The van der Waals surface area contributed by atoms with Gasteiger partial charge in [-0.2, -0.15) is 5.10 Å². The van der Waals surface area contributed by atoms with E-state index in [4.69, 9.17) is 9.47 Å². The van der Waals surface area contributed by atoms with E-state index in [1.165, 1.54) is 5.56 Å². The first-order valence-electron chi connectivity index (χ1n) is 7.26. The van der Waals surface area contributed by atoms with Gasteiger partial charge in [0.05, 0.1) is 13.7 Å². The smallest absolute Gasteiger partial charge is 0.161 e. The second kappa shape index (κ2) is 7.69. The van der Waals surface area contributed by atoms with Crippen molar-refractivity contribution in [3.8, 4) is 11.5 Å². The lowest BCUT2D eigenvalue weighted by Crippen LogP contribution is -2.17. The van der Waals surface area contributed by atoms with E-state index in [9.17, 15) is 0 Å². The minimum absolute atomic E-state index is 0.294. The molecule has 0 bridgehead atoms. The van der Waals surface area contributed by atoms with Crippen LogP contribution in [0.15, 0.2) is 36.7 Å². The number of benzene rings is 1. The molecule has 1 aromatic carbocycles. The summed E-state index contributed by atoms with van der Waals surface area (Å²) >= 11 is 0. The molecular weight excluding hydrogens is 266 g/mol. The number of nitrogens with one attached hydrogen (secondary N) is 1. The summed E-state index contributed by atoms with van der Waals surface area (Å²) in [6.45, 7) is 6.44. The normalized spacial score (nSPS) is 12.1. The second-order valence-corrected chi connectivity index (χ2v) is 4.81. The van der Waals surface area contributed by atoms with Crippen LogP contribution in [0.2, 0.25) is 0 Å². The van der Waals surface area contributed by atoms with Gasteiger partial charge in [-0.25, -0.2) is 0 Å². The molecule has 1 unspecified atom stereocenters. The highest BCUT2D eigenvalue weighted by atomic mass is 16.5. The van der Waals surface area contributed by atoms with Crippen LogP contribution in [-0.4, -0.2) is 30.0 Å². The Balaban J connectivity index is 1.98. The first-order chi connectivity index (χ1) is 10.2. The van der Waals surface area contributed by atoms with Gasteiger partial charge in [-0.3, -0.25) is 4.68 Å². The maximum absolute atomic E-state index is 5.79. The summed E-state index contributed by atoms with van der Waals surface area (Å²) in [6, 6.07) is 8.25. The Morgan fingerprint density at radius 3 is 2.86 bits per heavy atom. The summed E-state index contributed by atoms with van der Waals surface area (Å²) < 4.78 is 13.1. The van der Waals surface area contributed by atoms with Gasteiger partial charge in [-0.1, -0.05) is 13.0 Å². The van der Waals surface area contributed by atoms with E-state index in [0.29, 0.717) is 19.2 Å². The largest absolute Gasteiger partial charge is 0.493 e. The van der Waals surface area contributed by atoms with Crippen molar-refractivity contribution in [3.05, 3.63) is 42.2 Å². The fourth-order valence-corrected chi connectivity index (χ4v) is 2.18. The molecule has 0 aliphatic carbocycles. The summed E-state index contributed by atoms with van der Waals surface area (Å²) in [6.07, 6.45) is 3.68. The van der Waals surface area contributed by atoms with Crippen molar-refractivity contribution in [1.82, 2.24) is 15.1 Å². The SMILES string of the molecule is CCNC(C)c1ccc(OCCn2cccn2)c(OC)c1. The molecule has 0 radical (unpaired) electrons. The zero-order valence-corrected chi connectivity index (χ0v) is 12.9. The van der Waals surface area contributed by atoms with Crippen LogP contribution in [-0.2, 0) is 6.54 Å². The minimum atomic E-state index is 0.294. The van der Waals surface area contributed by atoms with Crippen LogP contribution in [0.1, 0.15) is 25.5 Å². The van der Waals surface area contributed by atoms with Crippen LogP contribution in [0.5, 0.6) is 11.5 Å². The van der Waals surface area contributed by atoms with Crippen LogP contribution >= 0.6 is 0 Å². The maximum atomic E-state index is 5.79. The van der Waals surface area contributed by atoms with Crippen LogP contribution in [0.25, 0.3) is 0 Å². The maximum Gasteiger partial charge on any atom is 0.161 e. The average molecular weight is 289 g/mol. The molecule has 1 heterocycles. The van der Waals surface area contributed by atoms with Gasteiger partial charge in [0.1, 0.15) is 6.61 Å². The molecule has 1 atom stereocenters. The number of methoxy groups -OCH3 is 1. The Bertz CT molecular complexity index is 540. The molecule has 0 aliphatic heterocycles. The van der Waals surface area contributed by atoms with Gasteiger partial charge in [0.25, 0.3) is 0 Å². The summed E-state index contributed by atoms with van der Waals surface area (Å²) in [5.74, 6) is 1.52. The van der Waals surface area contributed by atoms with E-state index in [1.54, 1.807) is 13.3 Å². The summed E-state index contributed by atoms with van der Waals surface area (Å²) in [5.41, 5.74) is 1.19. The predicted octanol–water partition coefficient (Wildman–Crippen LogP) is 2.64. The van der Waals surface area contributed by atoms with Gasteiger partial charge < -0.3 is 14.8 Å². The highest BCUT2D eigenvalue weighted by Crippen LogP contribution is 2.30. The van der Waals surface area contributed by atoms with E-state index in [-0.39, 0.29) is 0 Å². The molecule has 2 aromatic rings. The summed E-state index contributed by atoms with van der Waals surface area (Å²) in [4.78, 5) is 0. The van der Waals surface area contributed by atoms with Gasteiger partial charge in [0.2, 0.25) is 0 Å². The van der Waals surface area contributed by atoms with E-state index in [2.05, 4.69) is 30.3 Å². The molecular formula is C16H23N3O2. The van der Waals surface area contributed by atoms with Gasteiger partial charge in [0, 0.05) is 18.4 Å². The van der Waals surface area contributed by atoms with E-state index >= 15 is 0 Å². The van der Waals surface area contributed by atoms with Crippen LogP contribution < -0.4 is 14.8 Å². The highest BCUT2D eigenvalue weighted by molar-refractivity contribution is 5.43. The molecule has 2 rings (SSSR count). The summed E-state index contributed by atoms with van der Waals surface area (Å²) in [5, 5.41) is 7.53. The Morgan fingerprint density at radius 1 is 1.33 bits per heavy atom. The van der Waals surface area contributed by atoms with Crippen molar-refractivity contribution < 1.29 is 9.47 Å². The van der Waals surface area contributed by atoms with Crippen LogP contribution in [0.4, 0.5) is 0 Å². The lowest BCUT2D eigenvalue weighted by Gasteiger charge is -2.16. The number of hydrogen-bond acceptors (Lipinski definition) is 4. The van der Waals surface area contributed by atoms with E-state index in [0.717, 1.165) is 18.0 Å². The molecule has 114 valence electrons. The standard InChI is InChI=1S/C16H23N3O2/c1-4-17-13(2)14-6-7-15(16(12-14)20-3)21-11-10-19-9-5-8-18-19/h5-9,12-13,17H,4,10-11H2,1-3H3. The molecule has 0 saturated heterocycles. The topological polar surface area (TPSA) is 48.3 Å². The third-order valence-corrected chi connectivity index (χ3v) is 3.34. The molecule has 5 heteroatoms. The van der Waals surface area contributed by atoms with Gasteiger partial charge in [0.15, 0.2) is 11.5 Å². The fourth-order valence-electron chi connectivity index (χ4n) is 2.18. The molecule has 0 spiro atoms. The third-order valence-electron chi connectivity index (χ3n) is 3.34. The summed E-state index contributed by atoms with van der Waals surface area (Å²) in [7, 11) is 1.66. The highest BCUT2D eigenvalue weighted by Gasteiger charge is 2.10. The van der Waals surface area contributed by atoms with E-state index < -0.39 is 0 Å². The molecule has 21 heavy (non-hydrogen) atoms. The molecule has 1 N–H and O–H groups in total. The van der Waals surface area contributed by atoms with Gasteiger partial charge in [-0.05, 0) is 37.2 Å². The fraction of sp³-hybridized carbons (Fsp3) is 0.438. The molecule has 0 fully saturated rings. The van der Waals surface area contributed by atoms with Crippen molar-refractivity contribution in [2.75, 3.05) is 20.3 Å².